The van der Waals surface area contributed by atoms with Gasteiger partial charge in [0.1, 0.15) is 17.6 Å². The van der Waals surface area contributed by atoms with Gasteiger partial charge in [-0.05, 0) is 55.3 Å². The van der Waals surface area contributed by atoms with Crippen LogP contribution >= 0.6 is 0 Å². The molecule has 1 saturated heterocycles. The van der Waals surface area contributed by atoms with E-state index in [0.29, 0.717) is 17.5 Å². The summed E-state index contributed by atoms with van der Waals surface area (Å²) in [6.07, 6.45) is 3.08. The molecule has 0 amide bonds. The van der Waals surface area contributed by atoms with Gasteiger partial charge in [-0.3, -0.25) is 4.79 Å². The number of carbonyl (C=O) groups excluding carboxylic acids is 1. The zero-order chi connectivity index (χ0) is 18.8. The second-order valence-electron chi connectivity index (χ2n) is 6.50. The summed E-state index contributed by atoms with van der Waals surface area (Å²) >= 11 is 0. The Morgan fingerprint density at radius 3 is 2.37 bits per heavy atom. The van der Waals surface area contributed by atoms with Crippen LogP contribution in [0.1, 0.15) is 28.9 Å². The molecule has 0 unspecified atom stereocenters. The highest BCUT2D eigenvalue weighted by molar-refractivity contribution is 5.76. The largest absolute Gasteiger partial charge is 0.372 e. The van der Waals surface area contributed by atoms with Crippen LogP contribution in [-0.4, -0.2) is 29.2 Å². The molecule has 27 heavy (non-hydrogen) atoms. The van der Waals surface area contributed by atoms with Crippen LogP contribution in [0.15, 0.2) is 48.5 Å². The van der Waals surface area contributed by atoms with E-state index in [-0.39, 0.29) is 11.3 Å². The average molecular weight is 360 g/mol. The standard InChI is InChI=1S/C21H17FN4O/c22-20-11-15(3-4-16(20)13-23)21-12-17(14-27)24-26(21)19-7-5-18(6-8-19)25-9-1-2-10-25/h3-8,11-12,14H,1-2,9-10H2. The quantitative estimate of drug-likeness (QED) is 0.661. The summed E-state index contributed by atoms with van der Waals surface area (Å²) in [5, 5.41) is 13.2. The maximum Gasteiger partial charge on any atom is 0.170 e. The van der Waals surface area contributed by atoms with Crippen molar-refractivity contribution in [3.05, 3.63) is 65.6 Å². The molecule has 0 bridgehead atoms. The van der Waals surface area contributed by atoms with E-state index < -0.39 is 5.82 Å². The van der Waals surface area contributed by atoms with E-state index >= 15 is 0 Å². The van der Waals surface area contributed by atoms with E-state index in [9.17, 15) is 9.18 Å². The fraction of sp³-hybridized carbons (Fsp3) is 0.190. The zero-order valence-corrected chi connectivity index (χ0v) is 14.6. The lowest BCUT2D eigenvalue weighted by molar-refractivity contribution is 0.111. The van der Waals surface area contributed by atoms with Gasteiger partial charge in [-0.25, -0.2) is 9.07 Å². The van der Waals surface area contributed by atoms with Crippen molar-refractivity contribution in [1.29, 1.82) is 5.26 Å². The van der Waals surface area contributed by atoms with E-state index in [1.54, 1.807) is 16.8 Å². The summed E-state index contributed by atoms with van der Waals surface area (Å²) in [4.78, 5) is 13.6. The molecule has 0 aliphatic carbocycles. The average Bonchev–Trinajstić information content (AvgIpc) is 3.38. The Balaban J connectivity index is 1.75. The van der Waals surface area contributed by atoms with Gasteiger partial charge in [-0.2, -0.15) is 10.4 Å². The molecule has 0 radical (unpaired) electrons. The lowest BCUT2D eigenvalue weighted by atomic mass is 10.1. The van der Waals surface area contributed by atoms with Gasteiger partial charge in [0.2, 0.25) is 0 Å². The molecule has 0 atom stereocenters. The number of aromatic nitrogens is 2. The number of nitriles is 1. The lowest BCUT2D eigenvalue weighted by Gasteiger charge is -2.18. The molecule has 1 aliphatic rings. The highest BCUT2D eigenvalue weighted by Gasteiger charge is 2.15. The van der Waals surface area contributed by atoms with Gasteiger partial charge in [0, 0.05) is 24.3 Å². The molecule has 2 aromatic carbocycles. The number of halogens is 1. The van der Waals surface area contributed by atoms with Gasteiger partial charge in [0.25, 0.3) is 0 Å². The fourth-order valence-corrected chi connectivity index (χ4v) is 3.40. The second kappa shape index (κ2) is 7.04. The van der Waals surface area contributed by atoms with Gasteiger partial charge >= 0.3 is 0 Å². The molecule has 2 heterocycles. The van der Waals surface area contributed by atoms with Crippen molar-refractivity contribution < 1.29 is 9.18 Å². The van der Waals surface area contributed by atoms with Gasteiger partial charge in [0.15, 0.2) is 6.29 Å². The van der Waals surface area contributed by atoms with Gasteiger partial charge < -0.3 is 4.90 Å². The molecular weight excluding hydrogens is 343 g/mol. The molecular formula is C21H17FN4O. The normalized spacial score (nSPS) is 13.6. The Kier molecular flexibility index (Phi) is 4.43. The zero-order valence-electron chi connectivity index (χ0n) is 14.6. The highest BCUT2D eigenvalue weighted by Crippen LogP contribution is 2.27. The monoisotopic (exact) mass is 360 g/mol. The summed E-state index contributed by atoms with van der Waals surface area (Å²) in [7, 11) is 0. The molecule has 3 aromatic rings. The number of carbonyl (C=O) groups is 1. The molecule has 0 saturated carbocycles. The van der Waals surface area contributed by atoms with Crippen LogP contribution in [0.4, 0.5) is 10.1 Å². The summed E-state index contributed by atoms with van der Waals surface area (Å²) in [6, 6.07) is 15.8. The van der Waals surface area contributed by atoms with Crippen molar-refractivity contribution in [3.8, 4) is 23.0 Å². The number of benzene rings is 2. The number of nitrogens with zero attached hydrogens (tertiary/aromatic N) is 4. The van der Waals surface area contributed by atoms with Crippen molar-refractivity contribution >= 4 is 12.0 Å². The Morgan fingerprint density at radius 2 is 1.74 bits per heavy atom. The van der Waals surface area contributed by atoms with Crippen LogP contribution in [-0.2, 0) is 0 Å². The van der Waals surface area contributed by atoms with Gasteiger partial charge in [-0.1, -0.05) is 6.07 Å². The van der Waals surface area contributed by atoms with Gasteiger partial charge in [-0.15, -0.1) is 0 Å². The topological polar surface area (TPSA) is 61.9 Å². The molecule has 0 spiro atoms. The summed E-state index contributed by atoms with van der Waals surface area (Å²) < 4.78 is 15.7. The van der Waals surface area contributed by atoms with Crippen molar-refractivity contribution in [2.24, 2.45) is 0 Å². The van der Waals surface area contributed by atoms with E-state index in [1.807, 2.05) is 30.3 Å². The Labute approximate surface area is 156 Å². The third kappa shape index (κ3) is 3.20. The summed E-state index contributed by atoms with van der Waals surface area (Å²) in [5.41, 5.74) is 3.33. The molecule has 5 nitrogen and oxygen atoms in total. The first-order chi connectivity index (χ1) is 13.2. The van der Waals surface area contributed by atoms with E-state index in [4.69, 9.17) is 5.26 Å². The predicted molar refractivity (Wildman–Crippen MR) is 101 cm³/mol. The minimum absolute atomic E-state index is 0.0182. The number of rotatable bonds is 4. The minimum atomic E-state index is -0.597. The van der Waals surface area contributed by atoms with Crippen LogP contribution < -0.4 is 4.90 Å². The fourth-order valence-electron chi connectivity index (χ4n) is 3.40. The summed E-state index contributed by atoms with van der Waals surface area (Å²) in [5.74, 6) is -0.597. The van der Waals surface area contributed by atoms with Crippen molar-refractivity contribution in [3.63, 3.8) is 0 Å². The first-order valence-electron chi connectivity index (χ1n) is 8.80. The van der Waals surface area contributed by atoms with E-state index in [1.165, 1.54) is 25.0 Å². The molecule has 1 fully saturated rings. The van der Waals surface area contributed by atoms with Crippen LogP contribution in [0.25, 0.3) is 16.9 Å². The summed E-state index contributed by atoms with van der Waals surface area (Å²) in [6.45, 7) is 2.12. The Bertz CT molecular complexity index is 1030. The molecule has 6 heteroatoms. The third-order valence-corrected chi connectivity index (χ3v) is 4.80. The van der Waals surface area contributed by atoms with Crippen molar-refractivity contribution in [2.75, 3.05) is 18.0 Å². The van der Waals surface area contributed by atoms with E-state index in [2.05, 4.69) is 10.00 Å². The maximum atomic E-state index is 14.1. The molecule has 0 N–H and O–H groups in total. The van der Waals surface area contributed by atoms with Crippen molar-refractivity contribution in [2.45, 2.75) is 12.8 Å². The SMILES string of the molecule is N#Cc1ccc(-c2cc(C=O)nn2-c2ccc(N3CCCC3)cc2)cc1F. The smallest absolute Gasteiger partial charge is 0.170 e. The van der Waals surface area contributed by atoms with Crippen molar-refractivity contribution in [1.82, 2.24) is 9.78 Å². The number of anilines is 1. The number of hydrogen-bond acceptors (Lipinski definition) is 4. The Hall–Kier alpha value is -3.46. The molecule has 1 aliphatic heterocycles. The van der Waals surface area contributed by atoms with Crippen LogP contribution in [0, 0.1) is 17.1 Å². The van der Waals surface area contributed by atoms with Crippen LogP contribution in [0.2, 0.25) is 0 Å². The highest BCUT2D eigenvalue weighted by atomic mass is 19.1. The second-order valence-corrected chi connectivity index (χ2v) is 6.50. The molecule has 4 rings (SSSR count). The van der Waals surface area contributed by atoms with Gasteiger partial charge in [0.05, 0.1) is 16.9 Å². The number of aldehydes is 1. The first kappa shape index (κ1) is 17.0. The predicted octanol–water partition coefficient (Wildman–Crippen LogP) is 3.96. The maximum absolute atomic E-state index is 14.1. The lowest BCUT2D eigenvalue weighted by Crippen LogP contribution is -2.17. The van der Waals surface area contributed by atoms with Crippen LogP contribution in [0.5, 0.6) is 0 Å². The minimum Gasteiger partial charge on any atom is -0.372 e. The van der Waals surface area contributed by atoms with E-state index in [0.717, 1.165) is 24.5 Å². The first-order valence-corrected chi connectivity index (χ1v) is 8.80. The number of hydrogen-bond donors (Lipinski definition) is 0. The third-order valence-electron chi connectivity index (χ3n) is 4.80. The molecule has 1 aromatic heterocycles. The molecule has 134 valence electrons. The van der Waals surface area contributed by atoms with Crippen LogP contribution in [0.3, 0.4) is 0 Å². The Morgan fingerprint density at radius 1 is 1.04 bits per heavy atom.